The summed E-state index contributed by atoms with van der Waals surface area (Å²) in [6.07, 6.45) is 0.220. The van der Waals surface area contributed by atoms with E-state index < -0.39 is 41.5 Å². The van der Waals surface area contributed by atoms with Crippen LogP contribution in [0.3, 0.4) is 0 Å². The number of hydrogen-bond acceptors (Lipinski definition) is 7. The van der Waals surface area contributed by atoms with Crippen LogP contribution in [0.4, 0.5) is 9.18 Å². The number of hydrogen-bond donors (Lipinski definition) is 1. The standard InChI is InChI=1S/C29H32FN3O5S/c1-14-23-19-11-21(24(14)23)33(28(36)38-29(2,3)4)25(19)26(34)32-18(12-31)8-16-7-6-15(9-20(16)30)17-10-22(39-13-17)27(35)37-5/h6-7,9-10,13-14,18-19,21,23-25H,8,11H2,1-5H3,(H,32,34). The van der Waals surface area contributed by atoms with Gasteiger partial charge in [-0.15, -0.1) is 11.3 Å². The molecule has 2 aromatic rings. The fraction of sp³-hybridized carbons (Fsp3) is 0.517. The van der Waals surface area contributed by atoms with Gasteiger partial charge in [0.05, 0.1) is 13.2 Å². The first-order chi connectivity index (χ1) is 18.4. The molecule has 206 valence electrons. The molecule has 1 saturated heterocycles. The van der Waals surface area contributed by atoms with Crippen LogP contribution >= 0.6 is 11.3 Å². The van der Waals surface area contributed by atoms with Crippen LogP contribution in [0.25, 0.3) is 11.1 Å². The molecule has 0 spiro atoms. The molecule has 7 atom stereocenters. The van der Waals surface area contributed by atoms with E-state index in [0.29, 0.717) is 33.8 Å². The minimum atomic E-state index is -0.975. The summed E-state index contributed by atoms with van der Waals surface area (Å²) in [4.78, 5) is 40.4. The second kappa shape index (κ2) is 9.94. The number of thiophene rings is 1. The monoisotopic (exact) mass is 553 g/mol. The van der Waals surface area contributed by atoms with Crippen LogP contribution in [0, 0.1) is 40.8 Å². The van der Waals surface area contributed by atoms with Gasteiger partial charge >= 0.3 is 12.1 Å². The van der Waals surface area contributed by atoms with E-state index in [1.807, 2.05) is 0 Å². The number of esters is 1. The summed E-state index contributed by atoms with van der Waals surface area (Å²) in [7, 11) is 1.30. The van der Waals surface area contributed by atoms with Crippen LogP contribution in [0.2, 0.25) is 0 Å². The lowest BCUT2D eigenvalue weighted by Gasteiger charge is -2.35. The number of halogens is 1. The maximum atomic E-state index is 15.1. The summed E-state index contributed by atoms with van der Waals surface area (Å²) in [6, 6.07) is 6.64. The van der Waals surface area contributed by atoms with Gasteiger partial charge in [-0.05, 0) is 85.1 Å². The molecular formula is C29H32FN3O5S. The van der Waals surface area contributed by atoms with Gasteiger partial charge in [0.15, 0.2) is 0 Å². The second-order valence-electron chi connectivity index (χ2n) is 11.7. The number of benzene rings is 1. The van der Waals surface area contributed by atoms with Crippen LogP contribution in [0.1, 0.15) is 49.4 Å². The molecule has 0 radical (unpaired) electrons. The van der Waals surface area contributed by atoms with Crippen LogP contribution in [-0.4, -0.2) is 53.7 Å². The quantitative estimate of drug-likeness (QED) is 0.516. The number of likely N-dealkylation sites (tertiary alicyclic amines) is 1. The van der Waals surface area contributed by atoms with E-state index in [-0.39, 0.29) is 23.9 Å². The van der Waals surface area contributed by atoms with Crippen molar-refractivity contribution in [3.8, 4) is 17.2 Å². The number of fused-ring (bicyclic) bond motifs is 5. The third-order valence-corrected chi connectivity index (χ3v) is 9.08. The molecule has 2 bridgehead atoms. The maximum Gasteiger partial charge on any atom is 0.411 e. The fourth-order valence-corrected chi connectivity index (χ4v) is 7.36. The Kier molecular flexibility index (Phi) is 6.91. The molecule has 2 amide bonds. The highest BCUT2D eigenvalue weighted by molar-refractivity contribution is 7.12. The van der Waals surface area contributed by atoms with Crippen molar-refractivity contribution in [3.63, 3.8) is 0 Å². The van der Waals surface area contributed by atoms with Crippen LogP contribution in [0.15, 0.2) is 29.6 Å². The molecule has 1 aliphatic heterocycles. The summed E-state index contributed by atoms with van der Waals surface area (Å²) in [5.41, 5.74) is 0.851. The highest BCUT2D eigenvalue weighted by Crippen LogP contribution is 2.67. The Morgan fingerprint density at radius 3 is 2.62 bits per heavy atom. The zero-order valence-corrected chi connectivity index (χ0v) is 23.4. The van der Waals surface area contributed by atoms with Gasteiger partial charge in [0, 0.05) is 12.5 Å². The summed E-state index contributed by atoms with van der Waals surface area (Å²) < 4.78 is 25.4. The highest BCUT2D eigenvalue weighted by Gasteiger charge is 2.71. The van der Waals surface area contributed by atoms with Crippen LogP contribution in [-0.2, 0) is 20.7 Å². The van der Waals surface area contributed by atoms with E-state index >= 15 is 4.39 Å². The first kappa shape index (κ1) is 27.1. The van der Waals surface area contributed by atoms with Gasteiger partial charge in [-0.2, -0.15) is 5.26 Å². The van der Waals surface area contributed by atoms with Gasteiger partial charge in [0.2, 0.25) is 5.91 Å². The van der Waals surface area contributed by atoms with Crippen molar-refractivity contribution >= 4 is 29.3 Å². The molecule has 8 nitrogen and oxygen atoms in total. The van der Waals surface area contributed by atoms with Gasteiger partial charge in [0.1, 0.15) is 28.4 Å². The number of rotatable bonds is 6. The SMILES string of the molecule is COC(=O)c1cc(-c2ccc(CC(C#N)NC(=O)C3C4CC(C5C(C)C45)N3C(=O)OC(C)(C)C)c(F)c2)cs1. The second-order valence-corrected chi connectivity index (χ2v) is 12.6. The van der Waals surface area contributed by atoms with Crippen molar-refractivity contribution in [3.05, 3.63) is 45.9 Å². The van der Waals surface area contributed by atoms with E-state index in [1.165, 1.54) is 24.5 Å². The lowest BCUT2D eigenvalue weighted by Crippen LogP contribution is -2.56. The summed E-state index contributed by atoms with van der Waals surface area (Å²) in [5.74, 6) is -0.116. The molecule has 2 aliphatic carbocycles. The number of carbonyl (C=O) groups is 3. The number of nitrogens with zero attached hydrogens (tertiary/aromatic N) is 2. The van der Waals surface area contributed by atoms with Gasteiger partial charge in [-0.1, -0.05) is 19.1 Å². The molecule has 2 saturated carbocycles. The van der Waals surface area contributed by atoms with Crippen molar-refractivity contribution in [2.75, 3.05) is 7.11 Å². The molecule has 7 unspecified atom stereocenters. The number of nitriles is 1. The fourth-order valence-electron chi connectivity index (χ4n) is 6.53. The minimum absolute atomic E-state index is 0.0263. The van der Waals surface area contributed by atoms with Crippen LogP contribution in [0.5, 0.6) is 0 Å². The maximum absolute atomic E-state index is 15.1. The Balaban J connectivity index is 1.29. The smallest absolute Gasteiger partial charge is 0.411 e. The van der Waals surface area contributed by atoms with Crippen LogP contribution < -0.4 is 5.32 Å². The molecule has 1 N–H and O–H groups in total. The van der Waals surface area contributed by atoms with Crippen molar-refractivity contribution < 1.29 is 28.2 Å². The lowest BCUT2D eigenvalue weighted by atomic mass is 9.94. The van der Waals surface area contributed by atoms with E-state index in [1.54, 1.807) is 49.3 Å². The highest BCUT2D eigenvalue weighted by atomic mass is 32.1. The third-order valence-electron chi connectivity index (χ3n) is 8.17. The van der Waals surface area contributed by atoms with E-state index in [0.717, 1.165) is 6.42 Å². The van der Waals surface area contributed by atoms with Crippen molar-refractivity contribution in [2.45, 2.75) is 64.3 Å². The summed E-state index contributed by atoms with van der Waals surface area (Å²) in [5, 5.41) is 14.3. The Bertz CT molecular complexity index is 1360. The molecular weight excluding hydrogens is 521 g/mol. The summed E-state index contributed by atoms with van der Waals surface area (Å²) >= 11 is 1.21. The van der Waals surface area contributed by atoms with Crippen molar-refractivity contribution in [1.82, 2.24) is 10.2 Å². The number of methoxy groups -OCH3 is 1. The molecule has 3 fully saturated rings. The Morgan fingerprint density at radius 1 is 1.23 bits per heavy atom. The molecule has 2 heterocycles. The number of ether oxygens (including phenoxy) is 2. The molecule has 3 aliphatic rings. The number of carbonyl (C=O) groups excluding carboxylic acids is 3. The first-order valence-corrected chi connectivity index (χ1v) is 14.0. The molecule has 5 rings (SSSR count). The number of amides is 2. The third kappa shape index (κ3) is 5.00. The lowest BCUT2D eigenvalue weighted by molar-refractivity contribution is -0.128. The van der Waals surface area contributed by atoms with Gasteiger partial charge in [-0.3, -0.25) is 9.69 Å². The first-order valence-electron chi connectivity index (χ1n) is 13.1. The van der Waals surface area contributed by atoms with Gasteiger partial charge in [0.25, 0.3) is 0 Å². The largest absolute Gasteiger partial charge is 0.465 e. The van der Waals surface area contributed by atoms with E-state index in [9.17, 15) is 19.6 Å². The predicted molar refractivity (Wildman–Crippen MR) is 142 cm³/mol. The van der Waals surface area contributed by atoms with Crippen molar-refractivity contribution in [1.29, 1.82) is 5.26 Å². The molecule has 1 aromatic heterocycles. The number of piperidine rings is 1. The Labute approximate surface area is 231 Å². The zero-order valence-electron chi connectivity index (χ0n) is 22.6. The molecule has 39 heavy (non-hydrogen) atoms. The van der Waals surface area contributed by atoms with Gasteiger partial charge in [-0.25, -0.2) is 14.0 Å². The topological polar surface area (TPSA) is 109 Å². The van der Waals surface area contributed by atoms with E-state index in [4.69, 9.17) is 9.47 Å². The molecule has 1 aromatic carbocycles. The number of nitrogens with one attached hydrogen (secondary N) is 1. The van der Waals surface area contributed by atoms with Crippen molar-refractivity contribution in [2.24, 2.45) is 23.7 Å². The zero-order chi connectivity index (χ0) is 28.2. The average molecular weight is 554 g/mol. The van der Waals surface area contributed by atoms with Gasteiger partial charge < -0.3 is 14.8 Å². The minimum Gasteiger partial charge on any atom is -0.465 e. The predicted octanol–water partition coefficient (Wildman–Crippen LogP) is 4.78. The molecule has 10 heteroatoms. The Morgan fingerprint density at radius 2 is 1.97 bits per heavy atom. The normalized spacial score (nSPS) is 27.4. The average Bonchev–Trinajstić information content (AvgIpc) is 3.28. The Hall–Kier alpha value is -3.45. The van der Waals surface area contributed by atoms with E-state index in [2.05, 4.69) is 18.3 Å². The summed E-state index contributed by atoms with van der Waals surface area (Å²) in [6.45, 7) is 7.52.